The summed E-state index contributed by atoms with van der Waals surface area (Å²) in [4.78, 5) is 12.0. The first kappa shape index (κ1) is 15.3. The molecule has 0 fully saturated rings. The van der Waals surface area contributed by atoms with Gasteiger partial charge in [0.25, 0.3) is 5.56 Å². The lowest BCUT2D eigenvalue weighted by molar-refractivity contribution is -0.141. The van der Waals surface area contributed by atoms with E-state index in [-0.39, 0.29) is 13.0 Å². The number of aromatic nitrogens is 1. The molecule has 1 heterocycles. The number of nitrogens with zero attached hydrogens (tertiary/aromatic N) is 1. The van der Waals surface area contributed by atoms with Crippen LogP contribution in [0.2, 0.25) is 0 Å². The van der Waals surface area contributed by atoms with Crippen molar-refractivity contribution in [1.82, 2.24) is 4.57 Å². The van der Waals surface area contributed by atoms with E-state index in [1.165, 1.54) is 12.1 Å². The lowest BCUT2D eigenvalue weighted by Gasteiger charge is -2.10. The van der Waals surface area contributed by atoms with Crippen molar-refractivity contribution in [2.75, 3.05) is 0 Å². The molecule has 1 aromatic carbocycles. The number of rotatable bonds is 4. The number of alkyl halides is 3. The second kappa shape index (κ2) is 6.13. The molecule has 6 heteroatoms. The topological polar surface area (TPSA) is 42.2 Å². The van der Waals surface area contributed by atoms with E-state index >= 15 is 0 Å². The summed E-state index contributed by atoms with van der Waals surface area (Å²) >= 11 is 0. The Labute approximate surface area is 119 Å². The number of hydrogen-bond acceptors (Lipinski definition) is 2. The SMILES string of the molecule is O=c1c(Cc2ccc(CO)cc2)cccn1CC(F)(F)F. The molecular formula is C15H14F3NO2. The van der Waals surface area contributed by atoms with Crippen LogP contribution in [-0.2, 0) is 19.6 Å². The van der Waals surface area contributed by atoms with Crippen LogP contribution in [0.25, 0.3) is 0 Å². The van der Waals surface area contributed by atoms with E-state index in [1.807, 2.05) is 0 Å². The van der Waals surface area contributed by atoms with Crippen molar-refractivity contribution in [2.45, 2.75) is 25.7 Å². The highest BCUT2D eigenvalue weighted by molar-refractivity contribution is 5.27. The Bertz CT molecular complexity index is 660. The number of aliphatic hydroxyl groups is 1. The van der Waals surface area contributed by atoms with Gasteiger partial charge in [0.1, 0.15) is 6.54 Å². The fraction of sp³-hybridized carbons (Fsp3) is 0.267. The molecule has 2 rings (SSSR count). The lowest BCUT2D eigenvalue weighted by atomic mass is 10.0. The molecule has 0 unspecified atom stereocenters. The predicted octanol–water partition coefficient (Wildman–Crippen LogP) is 2.49. The van der Waals surface area contributed by atoms with Gasteiger partial charge in [-0.25, -0.2) is 0 Å². The summed E-state index contributed by atoms with van der Waals surface area (Å²) in [6, 6.07) is 9.87. The maximum absolute atomic E-state index is 12.4. The number of hydrogen-bond donors (Lipinski definition) is 1. The van der Waals surface area contributed by atoms with Gasteiger partial charge in [-0.3, -0.25) is 4.79 Å². The smallest absolute Gasteiger partial charge is 0.392 e. The quantitative estimate of drug-likeness (QED) is 0.942. The highest BCUT2D eigenvalue weighted by Crippen LogP contribution is 2.16. The normalized spacial score (nSPS) is 11.6. The molecular weight excluding hydrogens is 283 g/mol. The molecule has 0 saturated carbocycles. The van der Waals surface area contributed by atoms with Crippen molar-refractivity contribution in [3.8, 4) is 0 Å². The van der Waals surface area contributed by atoms with Crippen LogP contribution in [0.3, 0.4) is 0 Å². The van der Waals surface area contributed by atoms with Gasteiger partial charge in [-0.1, -0.05) is 30.3 Å². The third-order valence-electron chi connectivity index (χ3n) is 3.05. The van der Waals surface area contributed by atoms with Gasteiger partial charge in [0.15, 0.2) is 0 Å². The van der Waals surface area contributed by atoms with Crippen molar-refractivity contribution in [3.05, 3.63) is 69.6 Å². The first-order chi connectivity index (χ1) is 9.89. The summed E-state index contributed by atoms with van der Waals surface area (Å²) in [6.07, 6.45) is -3.04. The molecule has 0 aliphatic rings. The van der Waals surface area contributed by atoms with E-state index in [0.717, 1.165) is 17.3 Å². The second-order valence-corrected chi connectivity index (χ2v) is 4.73. The molecule has 0 bridgehead atoms. The van der Waals surface area contributed by atoms with Gasteiger partial charge in [-0.05, 0) is 17.2 Å². The number of halogens is 3. The van der Waals surface area contributed by atoms with Crippen molar-refractivity contribution in [3.63, 3.8) is 0 Å². The Hall–Kier alpha value is -2.08. The highest BCUT2D eigenvalue weighted by Gasteiger charge is 2.28. The number of pyridine rings is 1. The van der Waals surface area contributed by atoms with Gasteiger partial charge in [-0.15, -0.1) is 0 Å². The van der Waals surface area contributed by atoms with Crippen molar-refractivity contribution in [1.29, 1.82) is 0 Å². The first-order valence-electron chi connectivity index (χ1n) is 6.33. The van der Waals surface area contributed by atoms with Crippen LogP contribution < -0.4 is 5.56 Å². The zero-order valence-electron chi connectivity index (χ0n) is 11.1. The van der Waals surface area contributed by atoms with Crippen LogP contribution in [0.1, 0.15) is 16.7 Å². The monoisotopic (exact) mass is 297 g/mol. The third-order valence-corrected chi connectivity index (χ3v) is 3.05. The van der Waals surface area contributed by atoms with Gasteiger partial charge in [0.2, 0.25) is 0 Å². The second-order valence-electron chi connectivity index (χ2n) is 4.73. The summed E-state index contributed by atoms with van der Waals surface area (Å²) in [5, 5.41) is 8.95. The largest absolute Gasteiger partial charge is 0.406 e. The van der Waals surface area contributed by atoms with Gasteiger partial charge < -0.3 is 9.67 Å². The van der Waals surface area contributed by atoms with Gasteiger partial charge in [0.05, 0.1) is 6.61 Å². The highest BCUT2D eigenvalue weighted by atomic mass is 19.4. The molecule has 112 valence electrons. The summed E-state index contributed by atoms with van der Waals surface area (Å²) in [7, 11) is 0. The summed E-state index contributed by atoms with van der Waals surface area (Å²) < 4.78 is 37.8. The molecule has 0 radical (unpaired) electrons. The zero-order valence-corrected chi connectivity index (χ0v) is 11.1. The minimum absolute atomic E-state index is 0.0794. The minimum Gasteiger partial charge on any atom is -0.392 e. The van der Waals surface area contributed by atoms with Crippen molar-refractivity contribution < 1.29 is 18.3 Å². The van der Waals surface area contributed by atoms with E-state index in [0.29, 0.717) is 10.1 Å². The summed E-state index contributed by atoms with van der Waals surface area (Å²) in [5.74, 6) is 0. The maximum Gasteiger partial charge on any atom is 0.406 e. The third kappa shape index (κ3) is 4.19. The lowest BCUT2D eigenvalue weighted by Crippen LogP contribution is -2.29. The van der Waals surface area contributed by atoms with Crippen LogP contribution >= 0.6 is 0 Å². The van der Waals surface area contributed by atoms with E-state index in [2.05, 4.69) is 0 Å². The van der Waals surface area contributed by atoms with E-state index < -0.39 is 18.3 Å². The van der Waals surface area contributed by atoms with Gasteiger partial charge in [-0.2, -0.15) is 13.2 Å². The first-order valence-corrected chi connectivity index (χ1v) is 6.33. The van der Waals surface area contributed by atoms with Crippen molar-refractivity contribution in [2.24, 2.45) is 0 Å². The fourth-order valence-corrected chi connectivity index (χ4v) is 2.02. The molecule has 0 amide bonds. The van der Waals surface area contributed by atoms with Crippen LogP contribution in [0.5, 0.6) is 0 Å². The average Bonchev–Trinajstić information content (AvgIpc) is 2.43. The fourth-order valence-electron chi connectivity index (χ4n) is 2.02. The zero-order chi connectivity index (χ0) is 15.5. The van der Waals surface area contributed by atoms with E-state index in [1.54, 1.807) is 24.3 Å². The molecule has 1 aromatic heterocycles. The average molecular weight is 297 g/mol. The molecule has 0 aliphatic heterocycles. The number of benzene rings is 1. The Balaban J connectivity index is 2.24. The molecule has 21 heavy (non-hydrogen) atoms. The molecule has 1 N–H and O–H groups in total. The van der Waals surface area contributed by atoms with Crippen LogP contribution in [-0.4, -0.2) is 15.8 Å². The maximum atomic E-state index is 12.4. The Morgan fingerprint density at radius 2 is 1.67 bits per heavy atom. The molecule has 3 nitrogen and oxygen atoms in total. The Kier molecular flexibility index (Phi) is 4.47. The van der Waals surface area contributed by atoms with Crippen LogP contribution in [0.4, 0.5) is 13.2 Å². The summed E-state index contributed by atoms with van der Waals surface area (Å²) in [6.45, 7) is -1.37. The summed E-state index contributed by atoms with van der Waals surface area (Å²) in [5.41, 5.74) is 1.20. The van der Waals surface area contributed by atoms with E-state index in [9.17, 15) is 18.0 Å². The molecule has 0 aliphatic carbocycles. The molecule has 0 atom stereocenters. The van der Waals surface area contributed by atoms with Gasteiger partial charge in [0, 0.05) is 18.2 Å². The molecule has 0 saturated heterocycles. The Morgan fingerprint density at radius 3 is 2.24 bits per heavy atom. The van der Waals surface area contributed by atoms with Gasteiger partial charge >= 0.3 is 6.18 Å². The minimum atomic E-state index is -4.43. The Morgan fingerprint density at radius 1 is 1.05 bits per heavy atom. The van der Waals surface area contributed by atoms with Crippen LogP contribution in [0.15, 0.2) is 47.4 Å². The molecule has 0 spiro atoms. The van der Waals surface area contributed by atoms with Crippen molar-refractivity contribution >= 4 is 0 Å². The number of aliphatic hydroxyl groups excluding tert-OH is 1. The predicted molar refractivity (Wildman–Crippen MR) is 71.9 cm³/mol. The van der Waals surface area contributed by atoms with E-state index in [4.69, 9.17) is 5.11 Å². The standard InChI is InChI=1S/C15H14F3NO2/c16-15(17,18)10-19-7-1-2-13(14(19)21)8-11-3-5-12(9-20)6-4-11/h1-7,20H,8-10H2. The molecule has 2 aromatic rings. The van der Waals surface area contributed by atoms with Crippen LogP contribution in [0, 0.1) is 0 Å².